The van der Waals surface area contributed by atoms with Gasteiger partial charge >= 0.3 is 0 Å². The van der Waals surface area contributed by atoms with E-state index >= 15 is 0 Å². The topological polar surface area (TPSA) is 93.6 Å². The molecule has 2 aromatic heterocycles. The molecule has 118 valence electrons. The van der Waals surface area contributed by atoms with Crippen molar-refractivity contribution in [3.63, 3.8) is 0 Å². The number of hydrogen-bond acceptors (Lipinski definition) is 4. The van der Waals surface area contributed by atoms with E-state index in [1.54, 1.807) is 16.5 Å². The first-order chi connectivity index (χ1) is 10.4. The quantitative estimate of drug-likeness (QED) is 0.886. The van der Waals surface area contributed by atoms with Gasteiger partial charge in [0.1, 0.15) is 5.56 Å². The fraction of sp³-hybridized carbons (Fsp3) is 0.467. The Morgan fingerprint density at radius 2 is 2.05 bits per heavy atom. The van der Waals surface area contributed by atoms with E-state index in [9.17, 15) is 9.59 Å². The maximum Gasteiger partial charge on any atom is 0.254 e. The number of rotatable bonds is 5. The van der Waals surface area contributed by atoms with Crippen LogP contribution in [0.2, 0.25) is 0 Å². The Labute approximate surface area is 129 Å². The molecule has 2 heterocycles. The SMILES string of the molecule is CCN(C)C(=O)CCc1c(C)nc2c(C(N)=O)cnn2c1C. The highest BCUT2D eigenvalue weighted by atomic mass is 16.2. The summed E-state index contributed by atoms with van der Waals surface area (Å²) < 4.78 is 1.61. The summed E-state index contributed by atoms with van der Waals surface area (Å²) in [6.45, 7) is 6.41. The van der Waals surface area contributed by atoms with Crippen molar-refractivity contribution in [1.29, 1.82) is 0 Å². The highest BCUT2D eigenvalue weighted by molar-refractivity contribution is 5.98. The second-order valence-corrected chi connectivity index (χ2v) is 5.33. The summed E-state index contributed by atoms with van der Waals surface area (Å²) in [7, 11) is 1.79. The van der Waals surface area contributed by atoms with Gasteiger partial charge < -0.3 is 10.6 Å². The predicted molar refractivity (Wildman–Crippen MR) is 82.6 cm³/mol. The Balaban J connectivity index is 2.36. The van der Waals surface area contributed by atoms with Gasteiger partial charge in [0.25, 0.3) is 5.91 Å². The van der Waals surface area contributed by atoms with E-state index in [1.807, 2.05) is 20.8 Å². The van der Waals surface area contributed by atoms with Crippen molar-refractivity contribution >= 4 is 17.5 Å². The van der Waals surface area contributed by atoms with Crippen LogP contribution >= 0.6 is 0 Å². The van der Waals surface area contributed by atoms with Crippen LogP contribution in [0.3, 0.4) is 0 Å². The van der Waals surface area contributed by atoms with Gasteiger partial charge in [-0.3, -0.25) is 9.59 Å². The molecule has 0 bridgehead atoms. The largest absolute Gasteiger partial charge is 0.365 e. The van der Waals surface area contributed by atoms with E-state index in [1.165, 1.54) is 6.20 Å². The second-order valence-electron chi connectivity index (χ2n) is 5.33. The zero-order valence-corrected chi connectivity index (χ0v) is 13.4. The molecular formula is C15H21N5O2. The molecule has 0 radical (unpaired) electrons. The molecule has 7 nitrogen and oxygen atoms in total. The molecule has 0 saturated heterocycles. The van der Waals surface area contributed by atoms with E-state index in [-0.39, 0.29) is 5.91 Å². The summed E-state index contributed by atoms with van der Waals surface area (Å²) in [5.74, 6) is -0.450. The Hall–Kier alpha value is -2.44. The Kier molecular flexibility index (Phi) is 4.44. The van der Waals surface area contributed by atoms with Crippen LogP contribution in [-0.4, -0.2) is 44.9 Å². The van der Waals surface area contributed by atoms with Gasteiger partial charge in [0, 0.05) is 31.4 Å². The second kappa shape index (κ2) is 6.13. The number of amides is 2. The number of aryl methyl sites for hydroxylation is 2. The van der Waals surface area contributed by atoms with Crippen molar-refractivity contribution in [1.82, 2.24) is 19.5 Å². The summed E-state index contributed by atoms with van der Waals surface area (Å²) in [5, 5.41) is 4.18. The van der Waals surface area contributed by atoms with Crippen molar-refractivity contribution in [3.05, 3.63) is 28.7 Å². The maximum absolute atomic E-state index is 11.9. The van der Waals surface area contributed by atoms with Crippen LogP contribution in [-0.2, 0) is 11.2 Å². The fourth-order valence-electron chi connectivity index (χ4n) is 2.45. The maximum atomic E-state index is 11.9. The summed E-state index contributed by atoms with van der Waals surface area (Å²) >= 11 is 0. The third-order valence-corrected chi connectivity index (χ3v) is 3.96. The number of aromatic nitrogens is 3. The molecule has 0 atom stereocenters. The van der Waals surface area contributed by atoms with E-state index in [4.69, 9.17) is 5.73 Å². The van der Waals surface area contributed by atoms with Gasteiger partial charge in [-0.2, -0.15) is 5.10 Å². The summed E-state index contributed by atoms with van der Waals surface area (Å²) in [6.07, 6.45) is 2.44. The normalized spacial score (nSPS) is 10.9. The molecule has 0 aliphatic rings. The summed E-state index contributed by atoms with van der Waals surface area (Å²) in [4.78, 5) is 29.5. The minimum Gasteiger partial charge on any atom is -0.365 e. The van der Waals surface area contributed by atoms with Crippen molar-refractivity contribution in [2.24, 2.45) is 5.73 Å². The monoisotopic (exact) mass is 303 g/mol. The number of carbonyl (C=O) groups is 2. The van der Waals surface area contributed by atoms with Crippen molar-refractivity contribution < 1.29 is 9.59 Å². The van der Waals surface area contributed by atoms with Gasteiger partial charge in [-0.15, -0.1) is 0 Å². The first kappa shape index (κ1) is 15.9. The minimum atomic E-state index is -0.547. The number of hydrogen-bond donors (Lipinski definition) is 1. The molecule has 22 heavy (non-hydrogen) atoms. The van der Waals surface area contributed by atoms with E-state index < -0.39 is 5.91 Å². The third-order valence-electron chi connectivity index (χ3n) is 3.96. The first-order valence-electron chi connectivity index (χ1n) is 7.24. The highest BCUT2D eigenvalue weighted by Gasteiger charge is 2.17. The number of nitrogens with zero attached hydrogens (tertiary/aromatic N) is 4. The van der Waals surface area contributed by atoms with E-state index in [2.05, 4.69) is 10.1 Å². The molecule has 2 aromatic rings. The van der Waals surface area contributed by atoms with Gasteiger partial charge in [-0.1, -0.05) is 0 Å². The van der Waals surface area contributed by atoms with Crippen LogP contribution in [0.4, 0.5) is 0 Å². The van der Waals surface area contributed by atoms with Crippen LogP contribution in [0.15, 0.2) is 6.20 Å². The molecule has 7 heteroatoms. The number of carbonyl (C=O) groups excluding carboxylic acids is 2. The fourth-order valence-corrected chi connectivity index (χ4v) is 2.45. The van der Waals surface area contributed by atoms with Crippen molar-refractivity contribution in [3.8, 4) is 0 Å². The summed E-state index contributed by atoms with van der Waals surface area (Å²) in [6, 6.07) is 0. The smallest absolute Gasteiger partial charge is 0.254 e. The van der Waals surface area contributed by atoms with Crippen LogP contribution in [0.25, 0.3) is 5.65 Å². The molecule has 0 saturated carbocycles. The molecule has 0 aromatic carbocycles. The average molecular weight is 303 g/mol. The molecule has 2 amide bonds. The lowest BCUT2D eigenvalue weighted by Gasteiger charge is -2.16. The van der Waals surface area contributed by atoms with E-state index in [0.717, 1.165) is 17.0 Å². The zero-order chi connectivity index (χ0) is 16.4. The van der Waals surface area contributed by atoms with Crippen LogP contribution < -0.4 is 5.73 Å². The molecule has 0 aliphatic heterocycles. The Morgan fingerprint density at radius 3 is 2.64 bits per heavy atom. The van der Waals surface area contributed by atoms with E-state index in [0.29, 0.717) is 30.6 Å². The molecule has 0 spiro atoms. The van der Waals surface area contributed by atoms with Crippen LogP contribution in [0.5, 0.6) is 0 Å². The lowest BCUT2D eigenvalue weighted by atomic mass is 10.1. The molecule has 0 aliphatic carbocycles. The molecule has 0 fully saturated rings. The van der Waals surface area contributed by atoms with Crippen LogP contribution in [0, 0.1) is 13.8 Å². The highest BCUT2D eigenvalue weighted by Crippen LogP contribution is 2.18. The number of fused-ring (bicyclic) bond motifs is 1. The zero-order valence-electron chi connectivity index (χ0n) is 13.4. The number of nitrogens with two attached hydrogens (primary N) is 1. The third kappa shape index (κ3) is 2.79. The van der Waals surface area contributed by atoms with Gasteiger partial charge in [-0.05, 0) is 32.8 Å². The molecular weight excluding hydrogens is 282 g/mol. The van der Waals surface area contributed by atoms with Gasteiger partial charge in [0.15, 0.2) is 5.65 Å². The Bertz CT molecular complexity index is 735. The first-order valence-corrected chi connectivity index (χ1v) is 7.24. The lowest BCUT2D eigenvalue weighted by molar-refractivity contribution is -0.129. The van der Waals surface area contributed by atoms with Crippen molar-refractivity contribution in [2.75, 3.05) is 13.6 Å². The molecule has 2 rings (SSSR count). The van der Waals surface area contributed by atoms with Crippen LogP contribution in [0.1, 0.15) is 40.7 Å². The minimum absolute atomic E-state index is 0.0969. The standard InChI is InChI=1S/C15H21N5O2/c1-5-19(4)13(21)7-6-11-9(2)18-15-12(14(16)22)8-17-20(15)10(11)3/h8H,5-7H2,1-4H3,(H2,16,22). The lowest BCUT2D eigenvalue weighted by Crippen LogP contribution is -2.26. The molecule has 2 N–H and O–H groups in total. The van der Waals surface area contributed by atoms with Gasteiger partial charge in [0.2, 0.25) is 5.91 Å². The predicted octanol–water partition coefficient (Wildman–Crippen LogP) is 0.856. The van der Waals surface area contributed by atoms with Crippen molar-refractivity contribution in [2.45, 2.75) is 33.6 Å². The van der Waals surface area contributed by atoms with Gasteiger partial charge in [-0.25, -0.2) is 9.50 Å². The Morgan fingerprint density at radius 1 is 1.36 bits per heavy atom. The molecule has 0 unspecified atom stereocenters. The number of primary amides is 1. The average Bonchev–Trinajstić information content (AvgIpc) is 2.89. The van der Waals surface area contributed by atoms with Gasteiger partial charge in [0.05, 0.1) is 6.20 Å². The summed E-state index contributed by atoms with van der Waals surface area (Å²) in [5.41, 5.74) is 8.74.